The number of benzene rings is 2. The summed E-state index contributed by atoms with van der Waals surface area (Å²) in [6.07, 6.45) is 5.76. The van der Waals surface area contributed by atoms with E-state index in [4.69, 9.17) is 9.47 Å². The highest BCUT2D eigenvalue weighted by atomic mass is 16.5. The van der Waals surface area contributed by atoms with Crippen molar-refractivity contribution in [1.82, 2.24) is 14.7 Å². The van der Waals surface area contributed by atoms with Gasteiger partial charge in [0.2, 0.25) is 5.91 Å². The zero-order valence-electron chi connectivity index (χ0n) is 24.6. The molecule has 0 saturated carbocycles. The van der Waals surface area contributed by atoms with Crippen LogP contribution in [0.15, 0.2) is 48.5 Å². The normalized spacial score (nSPS) is 19.5. The Hall–Kier alpha value is -2.90. The Bertz CT molecular complexity index is 1100. The summed E-state index contributed by atoms with van der Waals surface area (Å²) >= 11 is 0. The summed E-state index contributed by atoms with van der Waals surface area (Å²) in [5.74, 6) is 1.14. The number of rotatable bonds is 7. The van der Waals surface area contributed by atoms with Crippen LogP contribution in [-0.4, -0.2) is 85.6 Å². The van der Waals surface area contributed by atoms with E-state index >= 15 is 0 Å². The zero-order valence-corrected chi connectivity index (χ0v) is 24.6. The molecule has 2 aromatic rings. The molecular weight excluding hydrogens is 502 g/mol. The number of hydrogen-bond acceptors (Lipinski definition) is 5. The maximum absolute atomic E-state index is 13.9. The number of fused-ring (bicyclic) bond motifs is 2. The monoisotopic (exact) mass is 549 g/mol. The molecule has 0 aliphatic carbocycles. The van der Waals surface area contributed by atoms with Gasteiger partial charge in [0.05, 0.1) is 24.8 Å². The number of nitrogens with zero attached hydrogens (tertiary/aromatic N) is 3. The SMILES string of the molecule is COCCN1CCCCCCN(C(=O)CN2CCc3ccccc3C2)[C@@H](CC(C)C)COc2ccccc2C1=O. The molecule has 7 nitrogen and oxygen atoms in total. The van der Waals surface area contributed by atoms with Crippen molar-refractivity contribution in [2.24, 2.45) is 5.92 Å². The van der Waals surface area contributed by atoms with E-state index in [2.05, 4.69) is 47.9 Å². The first kappa shape index (κ1) is 30.1. The van der Waals surface area contributed by atoms with Crippen LogP contribution in [-0.2, 0) is 22.5 Å². The highest BCUT2D eigenvalue weighted by Crippen LogP contribution is 2.24. The third kappa shape index (κ3) is 8.31. The lowest BCUT2D eigenvalue weighted by atomic mass is 9.99. The molecule has 40 heavy (non-hydrogen) atoms. The van der Waals surface area contributed by atoms with Crippen LogP contribution >= 0.6 is 0 Å². The van der Waals surface area contributed by atoms with E-state index in [-0.39, 0.29) is 17.9 Å². The van der Waals surface area contributed by atoms with Crippen LogP contribution < -0.4 is 4.74 Å². The van der Waals surface area contributed by atoms with Crippen LogP contribution in [0.4, 0.5) is 0 Å². The fourth-order valence-corrected chi connectivity index (χ4v) is 5.89. The van der Waals surface area contributed by atoms with E-state index in [0.717, 1.165) is 58.2 Å². The topological polar surface area (TPSA) is 62.3 Å². The Kier molecular flexibility index (Phi) is 11.4. The van der Waals surface area contributed by atoms with E-state index < -0.39 is 0 Å². The summed E-state index contributed by atoms with van der Waals surface area (Å²) in [7, 11) is 1.66. The van der Waals surface area contributed by atoms with Crippen molar-refractivity contribution >= 4 is 11.8 Å². The van der Waals surface area contributed by atoms with Crippen LogP contribution in [0.3, 0.4) is 0 Å². The molecule has 0 bridgehead atoms. The summed E-state index contributed by atoms with van der Waals surface area (Å²) in [5, 5.41) is 0. The van der Waals surface area contributed by atoms with Crippen LogP contribution in [0.1, 0.15) is 67.4 Å². The average Bonchev–Trinajstić information content (AvgIpc) is 2.95. The van der Waals surface area contributed by atoms with Gasteiger partial charge in [-0.1, -0.05) is 63.1 Å². The number of para-hydroxylation sites is 1. The number of ether oxygens (including phenoxy) is 2. The van der Waals surface area contributed by atoms with Crippen LogP contribution in [0.25, 0.3) is 0 Å². The molecule has 0 unspecified atom stereocenters. The molecule has 1 atom stereocenters. The van der Waals surface area contributed by atoms with Gasteiger partial charge in [0.25, 0.3) is 5.91 Å². The molecule has 7 heteroatoms. The second-order valence-electron chi connectivity index (χ2n) is 11.6. The molecule has 0 aromatic heterocycles. The number of hydrogen-bond donors (Lipinski definition) is 0. The van der Waals surface area contributed by atoms with Crippen molar-refractivity contribution < 1.29 is 19.1 Å². The lowest BCUT2D eigenvalue weighted by Crippen LogP contribution is -2.49. The van der Waals surface area contributed by atoms with Crippen LogP contribution in [0, 0.1) is 5.92 Å². The summed E-state index contributed by atoms with van der Waals surface area (Å²) in [5.41, 5.74) is 3.29. The van der Waals surface area contributed by atoms with E-state index in [0.29, 0.717) is 50.1 Å². The molecule has 2 aliphatic rings. The molecule has 4 rings (SSSR count). The number of methoxy groups -OCH3 is 1. The van der Waals surface area contributed by atoms with Crippen LogP contribution in [0.5, 0.6) is 5.75 Å². The van der Waals surface area contributed by atoms with Gasteiger partial charge in [0, 0.05) is 39.8 Å². The molecule has 2 aromatic carbocycles. The first-order valence-corrected chi connectivity index (χ1v) is 15.0. The Morgan fingerprint density at radius 1 is 0.975 bits per heavy atom. The van der Waals surface area contributed by atoms with Crippen molar-refractivity contribution in [3.8, 4) is 5.75 Å². The smallest absolute Gasteiger partial charge is 0.257 e. The van der Waals surface area contributed by atoms with E-state index in [1.54, 1.807) is 7.11 Å². The van der Waals surface area contributed by atoms with Crippen molar-refractivity contribution in [3.05, 3.63) is 65.2 Å². The van der Waals surface area contributed by atoms with Gasteiger partial charge in [0.15, 0.2) is 0 Å². The molecule has 0 fully saturated rings. The largest absolute Gasteiger partial charge is 0.491 e. The van der Waals surface area contributed by atoms with E-state index in [9.17, 15) is 9.59 Å². The van der Waals surface area contributed by atoms with Crippen LogP contribution in [0.2, 0.25) is 0 Å². The molecular formula is C33H47N3O4. The second kappa shape index (κ2) is 15.2. The number of amides is 2. The Morgan fingerprint density at radius 2 is 1.70 bits per heavy atom. The minimum Gasteiger partial charge on any atom is -0.491 e. The summed E-state index contributed by atoms with van der Waals surface area (Å²) in [4.78, 5) is 33.7. The second-order valence-corrected chi connectivity index (χ2v) is 11.6. The Labute approximate surface area is 240 Å². The lowest BCUT2D eigenvalue weighted by Gasteiger charge is -2.36. The Balaban J connectivity index is 1.53. The predicted molar refractivity (Wildman–Crippen MR) is 159 cm³/mol. The zero-order chi connectivity index (χ0) is 28.3. The van der Waals surface area contributed by atoms with Crippen molar-refractivity contribution in [2.75, 3.05) is 53.0 Å². The lowest BCUT2D eigenvalue weighted by molar-refractivity contribution is -0.136. The molecule has 2 aliphatic heterocycles. The molecule has 0 N–H and O–H groups in total. The van der Waals surface area contributed by atoms with Crippen molar-refractivity contribution in [2.45, 2.75) is 65.0 Å². The highest BCUT2D eigenvalue weighted by molar-refractivity contribution is 5.97. The van der Waals surface area contributed by atoms with Gasteiger partial charge < -0.3 is 19.3 Å². The molecule has 2 heterocycles. The van der Waals surface area contributed by atoms with Gasteiger partial charge in [-0.2, -0.15) is 0 Å². The molecule has 2 amide bonds. The van der Waals surface area contributed by atoms with Gasteiger partial charge in [-0.15, -0.1) is 0 Å². The third-order valence-electron chi connectivity index (χ3n) is 8.05. The van der Waals surface area contributed by atoms with Gasteiger partial charge in [-0.05, 0) is 54.9 Å². The van der Waals surface area contributed by atoms with E-state index in [1.165, 1.54) is 11.1 Å². The fraction of sp³-hybridized carbons (Fsp3) is 0.576. The summed E-state index contributed by atoms with van der Waals surface area (Å²) in [6, 6.07) is 16.0. The molecule has 218 valence electrons. The van der Waals surface area contributed by atoms with E-state index in [1.807, 2.05) is 29.2 Å². The first-order valence-electron chi connectivity index (χ1n) is 15.0. The number of carbonyl (C=O) groups excluding carboxylic acids is 2. The molecule has 0 radical (unpaired) electrons. The van der Waals surface area contributed by atoms with Crippen molar-refractivity contribution in [1.29, 1.82) is 0 Å². The first-order chi connectivity index (χ1) is 19.5. The molecule has 0 spiro atoms. The average molecular weight is 550 g/mol. The maximum Gasteiger partial charge on any atom is 0.257 e. The fourth-order valence-electron chi connectivity index (χ4n) is 5.89. The third-order valence-corrected chi connectivity index (χ3v) is 8.05. The predicted octanol–water partition coefficient (Wildman–Crippen LogP) is 5.03. The highest BCUT2D eigenvalue weighted by Gasteiger charge is 2.29. The van der Waals surface area contributed by atoms with Gasteiger partial charge >= 0.3 is 0 Å². The number of carbonyl (C=O) groups is 2. The van der Waals surface area contributed by atoms with Gasteiger partial charge in [-0.3, -0.25) is 14.5 Å². The van der Waals surface area contributed by atoms with Gasteiger partial charge in [0.1, 0.15) is 12.4 Å². The summed E-state index contributed by atoms with van der Waals surface area (Å²) in [6.45, 7) is 9.38. The molecule has 0 saturated heterocycles. The standard InChI is InChI=1S/C33H47N3O4/c1-26(2)22-29-25-40-31-15-9-8-14-30(31)33(38)35(20-21-39-3)17-10-4-5-11-18-36(29)32(37)24-34-19-16-27-12-6-7-13-28(27)23-34/h6-9,12-15,26,29H,4-5,10-11,16-25H2,1-3H3/t29-/m0/s1. The van der Waals surface area contributed by atoms with Crippen molar-refractivity contribution in [3.63, 3.8) is 0 Å². The minimum absolute atomic E-state index is 0.0246. The Morgan fingerprint density at radius 3 is 2.48 bits per heavy atom. The summed E-state index contributed by atoms with van der Waals surface area (Å²) < 4.78 is 11.7. The minimum atomic E-state index is -0.0553. The maximum atomic E-state index is 13.9. The van der Waals surface area contributed by atoms with Gasteiger partial charge in [-0.25, -0.2) is 0 Å². The quantitative estimate of drug-likeness (QED) is 0.485.